The Labute approximate surface area is 93.6 Å². The molecule has 0 saturated carbocycles. The SMILES string of the molecule is N=c1scc(-c2cccc([N+](=O)[O-])c2)n1O. The highest BCUT2D eigenvalue weighted by atomic mass is 32.1. The Morgan fingerprint density at radius 1 is 1.50 bits per heavy atom. The maximum Gasteiger partial charge on any atom is 0.270 e. The third-order valence-electron chi connectivity index (χ3n) is 2.06. The van der Waals surface area contributed by atoms with Crippen LogP contribution in [0, 0.1) is 15.5 Å². The van der Waals surface area contributed by atoms with Gasteiger partial charge >= 0.3 is 0 Å². The third kappa shape index (κ3) is 1.68. The van der Waals surface area contributed by atoms with Crippen molar-refractivity contribution >= 4 is 17.0 Å². The molecule has 0 aliphatic heterocycles. The van der Waals surface area contributed by atoms with E-state index in [9.17, 15) is 15.3 Å². The maximum absolute atomic E-state index is 10.6. The lowest BCUT2D eigenvalue weighted by Crippen LogP contribution is -2.10. The van der Waals surface area contributed by atoms with E-state index >= 15 is 0 Å². The van der Waals surface area contributed by atoms with Gasteiger partial charge in [0.2, 0.25) is 4.80 Å². The van der Waals surface area contributed by atoms with Crippen LogP contribution in [0.25, 0.3) is 11.3 Å². The number of non-ortho nitro benzene ring substituents is 1. The number of thiazole rings is 1. The van der Waals surface area contributed by atoms with Crippen LogP contribution in [-0.4, -0.2) is 14.9 Å². The van der Waals surface area contributed by atoms with Crippen molar-refractivity contribution in [1.82, 2.24) is 4.73 Å². The zero-order valence-electron chi connectivity index (χ0n) is 7.95. The molecule has 1 aromatic carbocycles. The molecule has 0 amide bonds. The molecule has 1 aromatic heterocycles. The molecule has 0 aliphatic carbocycles. The van der Waals surface area contributed by atoms with E-state index in [1.807, 2.05) is 0 Å². The summed E-state index contributed by atoms with van der Waals surface area (Å²) in [6.07, 6.45) is 0. The molecule has 82 valence electrons. The van der Waals surface area contributed by atoms with Crippen molar-refractivity contribution in [2.45, 2.75) is 0 Å². The first-order valence-electron chi connectivity index (χ1n) is 4.29. The maximum atomic E-state index is 10.6. The first-order valence-corrected chi connectivity index (χ1v) is 5.17. The van der Waals surface area contributed by atoms with E-state index in [2.05, 4.69) is 0 Å². The lowest BCUT2D eigenvalue weighted by molar-refractivity contribution is -0.384. The first-order chi connectivity index (χ1) is 7.59. The molecule has 2 rings (SSSR count). The molecule has 0 atom stereocenters. The average Bonchev–Trinajstić information content (AvgIpc) is 2.60. The van der Waals surface area contributed by atoms with Crippen molar-refractivity contribution in [2.24, 2.45) is 0 Å². The molecule has 16 heavy (non-hydrogen) atoms. The first kappa shape index (κ1) is 10.4. The van der Waals surface area contributed by atoms with Crippen molar-refractivity contribution in [3.8, 4) is 11.3 Å². The number of rotatable bonds is 2. The standard InChI is InChI=1S/C9H7N3O3S/c10-9-11(13)8(5-16-9)6-2-1-3-7(4-6)12(14)15/h1-5,10,13H. The van der Waals surface area contributed by atoms with Crippen molar-refractivity contribution in [1.29, 1.82) is 5.41 Å². The molecule has 0 aliphatic rings. The second kappa shape index (κ2) is 3.78. The lowest BCUT2D eigenvalue weighted by atomic mass is 10.1. The summed E-state index contributed by atoms with van der Waals surface area (Å²) in [7, 11) is 0. The minimum absolute atomic E-state index is 0.0264. The van der Waals surface area contributed by atoms with Gasteiger partial charge in [0.1, 0.15) is 5.69 Å². The van der Waals surface area contributed by atoms with Crippen LogP contribution in [0.5, 0.6) is 0 Å². The van der Waals surface area contributed by atoms with Crippen LogP contribution in [0.4, 0.5) is 5.69 Å². The molecular formula is C9H7N3O3S. The quantitative estimate of drug-likeness (QED) is 0.474. The summed E-state index contributed by atoms with van der Waals surface area (Å²) in [5.41, 5.74) is 0.834. The fraction of sp³-hybridized carbons (Fsp3) is 0. The zero-order chi connectivity index (χ0) is 11.7. The van der Waals surface area contributed by atoms with Gasteiger partial charge in [-0.15, -0.1) is 11.3 Å². The Kier molecular flexibility index (Phi) is 2.45. The van der Waals surface area contributed by atoms with E-state index in [1.165, 1.54) is 18.2 Å². The van der Waals surface area contributed by atoms with Crippen LogP contribution in [0.15, 0.2) is 29.6 Å². The van der Waals surface area contributed by atoms with E-state index in [4.69, 9.17) is 5.41 Å². The Balaban J connectivity index is 2.57. The molecule has 0 bridgehead atoms. The van der Waals surface area contributed by atoms with Crippen LogP contribution in [0.1, 0.15) is 0 Å². The monoisotopic (exact) mass is 237 g/mol. The van der Waals surface area contributed by atoms with E-state index in [0.29, 0.717) is 16.0 Å². The highest BCUT2D eigenvalue weighted by Gasteiger charge is 2.10. The van der Waals surface area contributed by atoms with E-state index in [-0.39, 0.29) is 10.5 Å². The van der Waals surface area contributed by atoms with Gasteiger partial charge in [0, 0.05) is 23.1 Å². The molecular weight excluding hydrogens is 230 g/mol. The minimum Gasteiger partial charge on any atom is -0.426 e. The van der Waals surface area contributed by atoms with E-state index in [0.717, 1.165) is 11.3 Å². The number of benzene rings is 1. The summed E-state index contributed by atoms with van der Waals surface area (Å²) in [5, 5.41) is 29.0. The molecule has 1 heterocycles. The van der Waals surface area contributed by atoms with Gasteiger partial charge in [0.25, 0.3) is 5.69 Å². The second-order valence-electron chi connectivity index (χ2n) is 3.05. The van der Waals surface area contributed by atoms with Crippen LogP contribution in [-0.2, 0) is 0 Å². The summed E-state index contributed by atoms with van der Waals surface area (Å²) in [5.74, 6) is 0. The number of nitro groups is 1. The van der Waals surface area contributed by atoms with E-state index < -0.39 is 4.92 Å². The largest absolute Gasteiger partial charge is 0.426 e. The molecule has 0 unspecified atom stereocenters. The number of nitrogens with one attached hydrogen (secondary N) is 1. The Bertz CT molecular complexity index is 602. The second-order valence-corrected chi connectivity index (χ2v) is 3.90. The Hall–Kier alpha value is -2.15. The van der Waals surface area contributed by atoms with Gasteiger partial charge in [-0.25, -0.2) is 0 Å². The van der Waals surface area contributed by atoms with Gasteiger partial charge in [0.05, 0.1) is 4.92 Å². The van der Waals surface area contributed by atoms with Crippen molar-refractivity contribution < 1.29 is 10.1 Å². The lowest BCUT2D eigenvalue weighted by Gasteiger charge is -2.00. The van der Waals surface area contributed by atoms with Crippen LogP contribution in [0.2, 0.25) is 0 Å². The fourth-order valence-corrected chi connectivity index (χ4v) is 1.95. The predicted octanol–water partition coefficient (Wildman–Crippen LogP) is 1.84. The summed E-state index contributed by atoms with van der Waals surface area (Å²) >= 11 is 1.05. The molecule has 2 N–H and O–H groups in total. The predicted molar refractivity (Wildman–Crippen MR) is 57.4 cm³/mol. The van der Waals surface area contributed by atoms with Gasteiger partial charge in [-0.05, 0) is 0 Å². The van der Waals surface area contributed by atoms with Crippen molar-refractivity contribution in [3.63, 3.8) is 0 Å². The van der Waals surface area contributed by atoms with Crippen LogP contribution in [0.3, 0.4) is 0 Å². The topological polar surface area (TPSA) is 92.1 Å². The molecule has 0 spiro atoms. The van der Waals surface area contributed by atoms with E-state index in [1.54, 1.807) is 11.4 Å². The summed E-state index contributed by atoms with van der Waals surface area (Å²) < 4.78 is 0.698. The van der Waals surface area contributed by atoms with Crippen LogP contribution >= 0.6 is 11.3 Å². The fourth-order valence-electron chi connectivity index (χ4n) is 1.29. The van der Waals surface area contributed by atoms with Gasteiger partial charge in [-0.1, -0.05) is 12.1 Å². The average molecular weight is 237 g/mol. The van der Waals surface area contributed by atoms with Gasteiger partial charge in [-0.2, -0.15) is 4.73 Å². The molecule has 7 heteroatoms. The highest BCUT2D eigenvalue weighted by molar-refractivity contribution is 7.07. The number of nitro benzene ring substituents is 1. The highest BCUT2D eigenvalue weighted by Crippen LogP contribution is 2.23. The Morgan fingerprint density at radius 2 is 2.25 bits per heavy atom. The number of nitrogens with zero attached hydrogens (tertiary/aromatic N) is 2. The molecule has 0 fully saturated rings. The van der Waals surface area contributed by atoms with Gasteiger partial charge in [-0.3, -0.25) is 15.5 Å². The van der Waals surface area contributed by atoms with Crippen molar-refractivity contribution in [3.05, 3.63) is 44.6 Å². The summed E-state index contributed by atoms with van der Waals surface area (Å²) in [6.45, 7) is 0. The van der Waals surface area contributed by atoms with Gasteiger partial charge in [0.15, 0.2) is 0 Å². The van der Waals surface area contributed by atoms with Gasteiger partial charge < -0.3 is 5.21 Å². The zero-order valence-corrected chi connectivity index (χ0v) is 8.77. The molecule has 2 aromatic rings. The smallest absolute Gasteiger partial charge is 0.270 e. The molecule has 6 nitrogen and oxygen atoms in total. The Morgan fingerprint density at radius 3 is 2.81 bits per heavy atom. The summed E-state index contributed by atoms with van der Waals surface area (Å²) in [6, 6.07) is 5.91. The number of hydrogen-bond acceptors (Lipinski definition) is 5. The normalized spacial score (nSPS) is 10.2. The summed E-state index contributed by atoms with van der Waals surface area (Å²) in [4.78, 5) is 10.0. The van der Waals surface area contributed by atoms with Crippen LogP contribution < -0.4 is 4.80 Å². The van der Waals surface area contributed by atoms with Crippen molar-refractivity contribution in [2.75, 3.05) is 0 Å². The number of hydrogen-bond donors (Lipinski definition) is 2. The molecule has 0 saturated heterocycles. The minimum atomic E-state index is -0.501. The number of aromatic nitrogens is 1. The third-order valence-corrected chi connectivity index (χ3v) is 2.79. The molecule has 0 radical (unpaired) electrons.